The molecule has 0 bridgehead atoms. The smallest absolute Gasteiger partial charge is 0.221 e. The van der Waals surface area contributed by atoms with E-state index in [1.54, 1.807) is 0 Å². The first-order valence-electron chi connectivity index (χ1n) is 6.44. The molecule has 1 aromatic rings. The van der Waals surface area contributed by atoms with E-state index < -0.39 is 0 Å². The molecule has 0 saturated carbocycles. The van der Waals surface area contributed by atoms with E-state index in [2.05, 4.69) is 55.7 Å². The Morgan fingerprint density at radius 2 is 2.06 bits per heavy atom. The zero-order valence-corrected chi connectivity index (χ0v) is 11.8. The largest absolute Gasteiger partial charge is 0.355 e. The second kappa shape index (κ2) is 6.55. The van der Waals surface area contributed by atoms with Gasteiger partial charge in [0.05, 0.1) is 0 Å². The lowest BCUT2D eigenvalue weighted by Gasteiger charge is -2.26. The molecule has 0 unspecified atom stereocenters. The highest BCUT2D eigenvalue weighted by Gasteiger charge is 2.21. The summed E-state index contributed by atoms with van der Waals surface area (Å²) in [6, 6.07) is 8.45. The number of aryl methyl sites for hydroxylation is 1. The Balaban J connectivity index is 2.57. The third-order valence-electron chi connectivity index (χ3n) is 3.13. The van der Waals surface area contributed by atoms with Gasteiger partial charge in [0.15, 0.2) is 0 Å². The third-order valence-corrected chi connectivity index (χ3v) is 3.13. The van der Waals surface area contributed by atoms with Crippen LogP contribution >= 0.6 is 0 Å². The molecule has 1 amide bonds. The van der Waals surface area contributed by atoms with Gasteiger partial charge in [-0.05, 0) is 19.5 Å². The summed E-state index contributed by atoms with van der Waals surface area (Å²) >= 11 is 0. The Kier molecular flexibility index (Phi) is 5.35. The van der Waals surface area contributed by atoms with Crippen molar-refractivity contribution < 1.29 is 4.79 Å². The monoisotopic (exact) mass is 248 g/mol. The van der Waals surface area contributed by atoms with Crippen molar-refractivity contribution in [1.82, 2.24) is 10.6 Å². The minimum atomic E-state index is -0.0404. The van der Waals surface area contributed by atoms with Gasteiger partial charge < -0.3 is 10.6 Å². The lowest BCUT2D eigenvalue weighted by Crippen LogP contribution is -2.37. The van der Waals surface area contributed by atoms with Crippen molar-refractivity contribution in [3.63, 3.8) is 0 Å². The van der Waals surface area contributed by atoms with E-state index >= 15 is 0 Å². The molecule has 0 aliphatic rings. The van der Waals surface area contributed by atoms with Gasteiger partial charge in [0.25, 0.3) is 0 Å². The van der Waals surface area contributed by atoms with Gasteiger partial charge in [0.1, 0.15) is 0 Å². The van der Waals surface area contributed by atoms with E-state index in [9.17, 15) is 4.79 Å². The maximum absolute atomic E-state index is 11.6. The number of carbonyl (C=O) groups excluding carboxylic acids is 1. The van der Waals surface area contributed by atoms with Gasteiger partial charge in [0, 0.05) is 24.9 Å². The molecule has 2 N–H and O–H groups in total. The van der Waals surface area contributed by atoms with Crippen LogP contribution in [-0.4, -0.2) is 26.0 Å². The zero-order chi connectivity index (χ0) is 13.6. The molecule has 18 heavy (non-hydrogen) atoms. The van der Waals surface area contributed by atoms with Crippen molar-refractivity contribution in [3.8, 4) is 0 Å². The van der Waals surface area contributed by atoms with Crippen molar-refractivity contribution in [2.45, 2.75) is 32.6 Å². The standard InChI is InChI=1S/C15H24N2O/c1-12-6-5-7-13(10-12)15(2,3)11-17-14(18)8-9-16-4/h5-7,10,16H,8-9,11H2,1-4H3,(H,17,18). The molecule has 0 aliphatic carbocycles. The number of nitrogens with one attached hydrogen (secondary N) is 2. The number of amides is 1. The average Bonchev–Trinajstić information content (AvgIpc) is 2.34. The molecule has 0 spiro atoms. The topological polar surface area (TPSA) is 41.1 Å². The average molecular weight is 248 g/mol. The van der Waals surface area contributed by atoms with E-state index in [1.165, 1.54) is 11.1 Å². The van der Waals surface area contributed by atoms with Crippen molar-refractivity contribution in [3.05, 3.63) is 35.4 Å². The Labute approximate surface area is 110 Å². The van der Waals surface area contributed by atoms with Crippen molar-refractivity contribution in [2.75, 3.05) is 20.1 Å². The molecule has 0 heterocycles. The molecule has 3 nitrogen and oxygen atoms in total. The highest BCUT2D eigenvalue weighted by atomic mass is 16.1. The molecular formula is C15H24N2O. The summed E-state index contributed by atoms with van der Waals surface area (Å²) in [5.41, 5.74) is 2.47. The molecule has 3 heteroatoms. The van der Waals surface area contributed by atoms with Crippen molar-refractivity contribution >= 4 is 5.91 Å². The second-order valence-corrected chi connectivity index (χ2v) is 5.38. The first-order valence-corrected chi connectivity index (χ1v) is 6.44. The van der Waals surface area contributed by atoms with Gasteiger partial charge in [-0.1, -0.05) is 43.7 Å². The van der Waals surface area contributed by atoms with Gasteiger partial charge in [0.2, 0.25) is 5.91 Å². The van der Waals surface area contributed by atoms with E-state index in [4.69, 9.17) is 0 Å². The number of hydrogen-bond acceptors (Lipinski definition) is 2. The van der Waals surface area contributed by atoms with Crippen molar-refractivity contribution in [1.29, 1.82) is 0 Å². The quantitative estimate of drug-likeness (QED) is 0.808. The Bertz CT molecular complexity index is 399. The number of benzene rings is 1. The lowest BCUT2D eigenvalue weighted by molar-refractivity contribution is -0.121. The van der Waals surface area contributed by atoms with E-state index in [1.807, 2.05) is 7.05 Å². The number of hydrogen-bond donors (Lipinski definition) is 2. The highest BCUT2D eigenvalue weighted by molar-refractivity contribution is 5.76. The molecule has 0 saturated heterocycles. The summed E-state index contributed by atoms with van der Waals surface area (Å²) in [6.45, 7) is 7.78. The molecule has 1 rings (SSSR count). The van der Waals surface area contributed by atoms with Crippen LogP contribution in [0.25, 0.3) is 0 Å². The highest BCUT2D eigenvalue weighted by Crippen LogP contribution is 2.22. The SMILES string of the molecule is CNCCC(=O)NCC(C)(C)c1cccc(C)c1. The van der Waals surface area contributed by atoms with Crippen LogP contribution in [0.5, 0.6) is 0 Å². The van der Waals surface area contributed by atoms with Gasteiger partial charge >= 0.3 is 0 Å². The van der Waals surface area contributed by atoms with Crippen LogP contribution in [0.4, 0.5) is 0 Å². The molecular weight excluding hydrogens is 224 g/mol. The first-order chi connectivity index (χ1) is 8.45. The van der Waals surface area contributed by atoms with Crippen LogP contribution in [-0.2, 0) is 10.2 Å². The summed E-state index contributed by atoms with van der Waals surface area (Å²) in [6.07, 6.45) is 0.528. The van der Waals surface area contributed by atoms with Crippen LogP contribution in [0.3, 0.4) is 0 Å². The second-order valence-electron chi connectivity index (χ2n) is 5.38. The molecule has 0 fully saturated rings. The van der Waals surface area contributed by atoms with Crippen molar-refractivity contribution in [2.24, 2.45) is 0 Å². The Morgan fingerprint density at radius 3 is 2.67 bits per heavy atom. The summed E-state index contributed by atoms with van der Waals surface area (Å²) in [4.78, 5) is 11.6. The number of rotatable bonds is 6. The van der Waals surface area contributed by atoms with Crippen LogP contribution in [0, 0.1) is 6.92 Å². The molecule has 0 aromatic heterocycles. The van der Waals surface area contributed by atoms with E-state index in [0.717, 1.165) is 6.54 Å². The third kappa shape index (κ3) is 4.49. The summed E-state index contributed by atoms with van der Waals surface area (Å²) in [5, 5.41) is 5.97. The van der Waals surface area contributed by atoms with Gasteiger partial charge in [-0.3, -0.25) is 4.79 Å². The lowest BCUT2D eigenvalue weighted by atomic mass is 9.84. The maximum atomic E-state index is 11.6. The van der Waals surface area contributed by atoms with Gasteiger partial charge in [-0.2, -0.15) is 0 Å². The summed E-state index contributed by atoms with van der Waals surface area (Å²) in [5.74, 6) is 0.102. The molecule has 0 atom stereocenters. The minimum Gasteiger partial charge on any atom is -0.355 e. The van der Waals surface area contributed by atoms with Gasteiger partial charge in [-0.15, -0.1) is 0 Å². The molecule has 1 aromatic carbocycles. The first kappa shape index (κ1) is 14.7. The molecule has 0 aliphatic heterocycles. The van der Waals surface area contributed by atoms with E-state index in [-0.39, 0.29) is 11.3 Å². The normalized spacial score (nSPS) is 11.3. The zero-order valence-electron chi connectivity index (χ0n) is 11.8. The Hall–Kier alpha value is -1.35. The van der Waals surface area contributed by atoms with Crippen LogP contribution < -0.4 is 10.6 Å². The Morgan fingerprint density at radius 1 is 1.33 bits per heavy atom. The van der Waals surface area contributed by atoms with Crippen LogP contribution in [0.1, 0.15) is 31.4 Å². The summed E-state index contributed by atoms with van der Waals surface area (Å²) < 4.78 is 0. The fourth-order valence-electron chi connectivity index (χ4n) is 1.81. The number of carbonyl (C=O) groups is 1. The predicted octanol–water partition coefficient (Wildman–Crippen LogP) is 2.00. The maximum Gasteiger partial charge on any atom is 0.221 e. The molecule has 0 radical (unpaired) electrons. The molecule has 100 valence electrons. The minimum absolute atomic E-state index is 0.0404. The summed E-state index contributed by atoms with van der Waals surface area (Å²) in [7, 11) is 1.85. The van der Waals surface area contributed by atoms with Gasteiger partial charge in [-0.25, -0.2) is 0 Å². The van der Waals surface area contributed by atoms with E-state index in [0.29, 0.717) is 13.0 Å². The predicted molar refractivity (Wildman–Crippen MR) is 75.8 cm³/mol. The fourth-order valence-corrected chi connectivity index (χ4v) is 1.81. The van der Waals surface area contributed by atoms with Crippen LogP contribution in [0.2, 0.25) is 0 Å². The van der Waals surface area contributed by atoms with Crippen LogP contribution in [0.15, 0.2) is 24.3 Å². The fraction of sp³-hybridized carbons (Fsp3) is 0.533.